The van der Waals surface area contributed by atoms with Crippen molar-refractivity contribution >= 4 is 15.7 Å². The number of anilines is 1. The quantitative estimate of drug-likeness (QED) is 0.702. The van der Waals surface area contributed by atoms with Gasteiger partial charge in [-0.15, -0.1) is 0 Å². The predicted molar refractivity (Wildman–Crippen MR) is 98.1 cm³/mol. The Bertz CT molecular complexity index is 1060. The maximum Gasteiger partial charge on any atom is 0.418 e. The number of hydrogen-bond acceptors (Lipinski definition) is 4. The number of nitrogens with zero attached hydrogens (tertiary/aromatic N) is 3. The molecular weight excluding hydrogens is 410 g/mol. The first-order valence-corrected chi connectivity index (χ1v) is 10.1. The number of benzene rings is 2. The third-order valence-corrected chi connectivity index (χ3v) is 6.75. The molecule has 1 aliphatic rings. The average molecular weight is 427 g/mol. The van der Waals surface area contributed by atoms with E-state index in [4.69, 9.17) is 5.26 Å². The van der Waals surface area contributed by atoms with E-state index in [1.165, 1.54) is 29.2 Å². The Morgan fingerprint density at radius 3 is 2.45 bits per heavy atom. The lowest BCUT2D eigenvalue weighted by molar-refractivity contribution is -0.137. The highest BCUT2D eigenvalue weighted by Gasteiger charge is 2.39. The normalized spacial score (nSPS) is 18.5. The van der Waals surface area contributed by atoms with Gasteiger partial charge in [0, 0.05) is 31.4 Å². The summed E-state index contributed by atoms with van der Waals surface area (Å²) in [5.74, 6) is -0.690. The Morgan fingerprint density at radius 1 is 1.14 bits per heavy atom. The van der Waals surface area contributed by atoms with Gasteiger partial charge >= 0.3 is 6.18 Å². The van der Waals surface area contributed by atoms with E-state index >= 15 is 0 Å². The highest BCUT2D eigenvalue weighted by atomic mass is 32.2. The van der Waals surface area contributed by atoms with Crippen LogP contribution in [0.1, 0.15) is 18.1 Å². The number of alkyl halides is 3. The van der Waals surface area contributed by atoms with Crippen LogP contribution in [-0.4, -0.2) is 38.4 Å². The second kappa shape index (κ2) is 7.65. The van der Waals surface area contributed by atoms with E-state index < -0.39 is 33.6 Å². The monoisotopic (exact) mass is 427 g/mol. The summed E-state index contributed by atoms with van der Waals surface area (Å²) in [5.41, 5.74) is -1.15. The molecule has 0 spiro atoms. The third-order valence-electron chi connectivity index (χ3n) is 4.74. The summed E-state index contributed by atoms with van der Waals surface area (Å²) in [7, 11) is -3.99. The van der Waals surface area contributed by atoms with E-state index in [0.717, 1.165) is 22.5 Å². The van der Waals surface area contributed by atoms with Gasteiger partial charge in [-0.05, 0) is 43.3 Å². The van der Waals surface area contributed by atoms with Crippen LogP contribution in [0.2, 0.25) is 0 Å². The molecule has 0 amide bonds. The van der Waals surface area contributed by atoms with E-state index in [9.17, 15) is 26.0 Å². The number of halogens is 4. The van der Waals surface area contributed by atoms with Gasteiger partial charge in [-0.3, -0.25) is 0 Å². The molecule has 0 aliphatic carbocycles. The van der Waals surface area contributed by atoms with Crippen molar-refractivity contribution in [2.24, 2.45) is 0 Å². The van der Waals surface area contributed by atoms with Gasteiger partial charge in [-0.25, -0.2) is 12.8 Å². The van der Waals surface area contributed by atoms with Crippen LogP contribution in [0.3, 0.4) is 0 Å². The van der Waals surface area contributed by atoms with E-state index in [1.807, 2.05) is 0 Å². The van der Waals surface area contributed by atoms with Crippen molar-refractivity contribution < 1.29 is 26.0 Å². The molecule has 1 saturated heterocycles. The molecule has 1 atom stereocenters. The van der Waals surface area contributed by atoms with Crippen molar-refractivity contribution in [3.8, 4) is 6.07 Å². The van der Waals surface area contributed by atoms with Crippen molar-refractivity contribution in [2.75, 3.05) is 24.5 Å². The van der Waals surface area contributed by atoms with Gasteiger partial charge in [-0.1, -0.05) is 6.07 Å². The van der Waals surface area contributed by atoms with E-state index in [-0.39, 0.29) is 35.8 Å². The van der Waals surface area contributed by atoms with E-state index in [2.05, 4.69) is 0 Å². The zero-order valence-corrected chi connectivity index (χ0v) is 16.1. The predicted octanol–water partition coefficient (Wildman–Crippen LogP) is 3.62. The molecule has 154 valence electrons. The molecule has 2 aromatic carbocycles. The molecule has 0 N–H and O–H groups in total. The Kier molecular flexibility index (Phi) is 5.56. The molecule has 0 radical (unpaired) electrons. The summed E-state index contributed by atoms with van der Waals surface area (Å²) in [4.78, 5) is 1.25. The Hall–Kier alpha value is -2.64. The smallest absolute Gasteiger partial charge is 0.368 e. The van der Waals surface area contributed by atoms with Gasteiger partial charge in [0.05, 0.1) is 22.1 Å². The van der Waals surface area contributed by atoms with Crippen LogP contribution in [0, 0.1) is 17.1 Å². The molecular formula is C19H17F4N3O2S. The van der Waals surface area contributed by atoms with Crippen molar-refractivity contribution in [1.82, 2.24) is 4.31 Å². The van der Waals surface area contributed by atoms with E-state index in [1.54, 1.807) is 13.0 Å². The lowest BCUT2D eigenvalue weighted by atomic mass is 10.1. The molecule has 1 unspecified atom stereocenters. The molecule has 0 aromatic heterocycles. The van der Waals surface area contributed by atoms with Gasteiger partial charge < -0.3 is 4.90 Å². The number of hydrogen-bond donors (Lipinski definition) is 0. The van der Waals surface area contributed by atoms with Crippen LogP contribution in [0.4, 0.5) is 23.2 Å². The summed E-state index contributed by atoms with van der Waals surface area (Å²) < 4.78 is 80.7. The summed E-state index contributed by atoms with van der Waals surface area (Å²) in [5, 5.41) is 8.89. The van der Waals surface area contributed by atoms with Crippen LogP contribution >= 0.6 is 0 Å². The number of sulfonamides is 1. The summed E-state index contributed by atoms with van der Waals surface area (Å²) in [6.45, 7) is 1.56. The van der Waals surface area contributed by atoms with Gasteiger partial charge in [0.15, 0.2) is 0 Å². The zero-order valence-electron chi connectivity index (χ0n) is 15.3. The molecule has 1 heterocycles. The summed E-state index contributed by atoms with van der Waals surface area (Å²) >= 11 is 0. The van der Waals surface area contributed by atoms with Crippen LogP contribution in [0.15, 0.2) is 47.4 Å². The molecule has 29 heavy (non-hydrogen) atoms. The molecule has 0 saturated carbocycles. The van der Waals surface area contributed by atoms with Crippen molar-refractivity contribution in [3.63, 3.8) is 0 Å². The summed E-state index contributed by atoms with van der Waals surface area (Å²) in [6.07, 6.45) is -4.66. The van der Waals surface area contributed by atoms with Gasteiger partial charge in [0.2, 0.25) is 10.0 Å². The highest BCUT2D eigenvalue weighted by molar-refractivity contribution is 7.89. The maximum absolute atomic E-state index is 13.5. The molecule has 10 heteroatoms. The fourth-order valence-corrected chi connectivity index (χ4v) is 5.03. The van der Waals surface area contributed by atoms with Crippen molar-refractivity contribution in [1.29, 1.82) is 5.26 Å². The first-order chi connectivity index (χ1) is 13.5. The SMILES string of the molecule is CC1CN(c2ccc(C#N)cc2C(F)(F)F)CCN1S(=O)(=O)c1cccc(F)c1. The van der Waals surface area contributed by atoms with Gasteiger partial charge in [-0.2, -0.15) is 22.7 Å². The number of rotatable bonds is 3. The first kappa shape index (κ1) is 21.1. The Labute approximate surface area is 165 Å². The first-order valence-electron chi connectivity index (χ1n) is 8.68. The minimum absolute atomic E-state index is 0.0174. The Balaban J connectivity index is 1.89. The molecule has 1 aliphatic heterocycles. The van der Waals surface area contributed by atoms with Crippen LogP contribution < -0.4 is 4.90 Å². The van der Waals surface area contributed by atoms with Crippen molar-refractivity contribution in [2.45, 2.75) is 24.0 Å². The van der Waals surface area contributed by atoms with E-state index in [0.29, 0.717) is 0 Å². The molecule has 5 nitrogen and oxygen atoms in total. The fourth-order valence-electron chi connectivity index (χ4n) is 3.39. The standard InChI is InChI=1S/C19H17F4N3O2S/c1-13-12-25(18-6-5-14(11-24)9-17(18)19(21,22)23)7-8-26(13)29(27,28)16-4-2-3-15(20)10-16/h2-6,9-10,13H,7-8,12H2,1H3. The number of nitriles is 1. The molecule has 3 rings (SSSR count). The third kappa shape index (κ3) is 4.21. The lowest BCUT2D eigenvalue weighted by Gasteiger charge is -2.40. The molecule has 2 aromatic rings. The Morgan fingerprint density at radius 2 is 1.86 bits per heavy atom. The van der Waals surface area contributed by atoms with Crippen LogP contribution in [0.25, 0.3) is 0 Å². The second-order valence-corrected chi connectivity index (χ2v) is 8.60. The minimum Gasteiger partial charge on any atom is -0.368 e. The maximum atomic E-state index is 13.5. The topological polar surface area (TPSA) is 64.4 Å². The lowest BCUT2D eigenvalue weighted by Crippen LogP contribution is -2.54. The fraction of sp³-hybridized carbons (Fsp3) is 0.316. The average Bonchev–Trinajstić information content (AvgIpc) is 2.66. The van der Waals surface area contributed by atoms with Gasteiger partial charge in [0.25, 0.3) is 0 Å². The summed E-state index contributed by atoms with van der Waals surface area (Å²) in [6, 6.07) is 8.97. The zero-order chi connectivity index (χ0) is 21.4. The highest BCUT2D eigenvalue weighted by Crippen LogP contribution is 2.38. The van der Waals surface area contributed by atoms with Crippen LogP contribution in [0.5, 0.6) is 0 Å². The minimum atomic E-state index is -4.66. The van der Waals surface area contributed by atoms with Gasteiger partial charge in [0.1, 0.15) is 5.82 Å². The largest absolute Gasteiger partial charge is 0.418 e. The second-order valence-electron chi connectivity index (χ2n) is 6.71. The van der Waals surface area contributed by atoms with Crippen molar-refractivity contribution in [3.05, 3.63) is 59.4 Å². The molecule has 1 fully saturated rings. The van der Waals surface area contributed by atoms with Crippen LogP contribution in [-0.2, 0) is 16.2 Å². The molecule has 0 bridgehead atoms. The number of piperazine rings is 1.